The lowest BCUT2D eigenvalue weighted by atomic mass is 9.86. The minimum Gasteiger partial charge on any atom is -0.341 e. The van der Waals surface area contributed by atoms with Crippen molar-refractivity contribution < 1.29 is 17.6 Å². The average Bonchev–Trinajstić information content (AvgIpc) is 3.39. The van der Waals surface area contributed by atoms with Gasteiger partial charge in [-0.05, 0) is 35.4 Å². The molecule has 0 radical (unpaired) electrons. The molecular formula is C26H28FN3O3S2. The van der Waals surface area contributed by atoms with Gasteiger partial charge < -0.3 is 5.32 Å². The molecule has 1 N–H and O–H groups in total. The number of carbonyl (C=O) groups is 1. The van der Waals surface area contributed by atoms with Crippen molar-refractivity contribution >= 4 is 27.7 Å². The average molecular weight is 514 g/mol. The predicted molar refractivity (Wildman–Crippen MR) is 136 cm³/mol. The number of carbonyl (C=O) groups excluding carboxylic acids is 1. The van der Waals surface area contributed by atoms with E-state index in [1.54, 1.807) is 38.2 Å². The van der Waals surface area contributed by atoms with Crippen molar-refractivity contribution in [3.8, 4) is 0 Å². The number of aromatic nitrogens is 1. The summed E-state index contributed by atoms with van der Waals surface area (Å²) < 4.78 is 41.5. The number of halogens is 1. The van der Waals surface area contributed by atoms with Gasteiger partial charge in [-0.1, -0.05) is 62.4 Å². The van der Waals surface area contributed by atoms with E-state index in [1.165, 1.54) is 28.2 Å². The molecule has 9 heteroatoms. The van der Waals surface area contributed by atoms with E-state index in [0.29, 0.717) is 17.0 Å². The van der Waals surface area contributed by atoms with Crippen LogP contribution in [0, 0.1) is 0 Å². The number of nitrogens with one attached hydrogen (secondary N) is 1. The minimum atomic E-state index is -3.92. The Morgan fingerprint density at radius 1 is 1.11 bits per heavy atom. The van der Waals surface area contributed by atoms with E-state index in [-0.39, 0.29) is 11.4 Å². The molecule has 0 saturated carbocycles. The molecule has 1 aliphatic rings. The number of rotatable bonds is 8. The first-order chi connectivity index (χ1) is 16.7. The molecule has 1 fully saturated rings. The molecule has 2 unspecified atom stereocenters. The molecule has 2 atom stereocenters. The zero-order valence-corrected chi connectivity index (χ0v) is 21.2. The summed E-state index contributed by atoms with van der Waals surface area (Å²) in [7, 11) is -3.92. The van der Waals surface area contributed by atoms with Crippen LogP contribution in [0.15, 0.2) is 83.9 Å². The standard InChI is InChI=1S/C26H28FN3O3S2/c1-26(2,18-27)20-11-13-21(14-12-20)35(32,33)30-16-17-34-25(30)24(31)29-23(19-8-4-3-5-9-19)22-10-6-7-15-28-22/h3-15,23,25H,16-18H2,1-2H3,(H,29,31). The fraction of sp³-hybridized carbons (Fsp3) is 0.308. The third-order valence-corrected chi connectivity index (χ3v) is 9.27. The zero-order valence-electron chi connectivity index (χ0n) is 19.6. The smallest absolute Gasteiger partial charge is 0.249 e. The van der Waals surface area contributed by atoms with Crippen LogP contribution in [0.3, 0.4) is 0 Å². The number of pyridine rings is 1. The van der Waals surface area contributed by atoms with Crippen LogP contribution >= 0.6 is 11.8 Å². The van der Waals surface area contributed by atoms with Crippen LogP contribution in [0.1, 0.15) is 36.7 Å². The van der Waals surface area contributed by atoms with E-state index >= 15 is 0 Å². The molecule has 0 bridgehead atoms. The number of hydrogen-bond donors (Lipinski definition) is 1. The molecule has 1 amide bonds. The van der Waals surface area contributed by atoms with Gasteiger partial charge in [-0.2, -0.15) is 4.31 Å². The van der Waals surface area contributed by atoms with E-state index in [1.807, 2.05) is 42.5 Å². The Morgan fingerprint density at radius 2 is 1.80 bits per heavy atom. The lowest BCUT2D eigenvalue weighted by Crippen LogP contribution is -2.46. The molecular weight excluding hydrogens is 485 g/mol. The first kappa shape index (κ1) is 25.3. The fourth-order valence-electron chi connectivity index (χ4n) is 3.93. The van der Waals surface area contributed by atoms with E-state index in [0.717, 1.165) is 5.56 Å². The molecule has 4 rings (SSSR count). The van der Waals surface area contributed by atoms with Gasteiger partial charge in [0.1, 0.15) is 5.37 Å². The molecule has 1 saturated heterocycles. The number of thioether (sulfide) groups is 1. The highest BCUT2D eigenvalue weighted by Crippen LogP contribution is 2.32. The van der Waals surface area contributed by atoms with Crippen LogP contribution in [0.5, 0.6) is 0 Å². The second kappa shape index (κ2) is 10.5. The van der Waals surface area contributed by atoms with Crippen molar-refractivity contribution in [3.63, 3.8) is 0 Å². The zero-order chi connectivity index (χ0) is 25.1. The summed E-state index contributed by atoms with van der Waals surface area (Å²) in [5, 5.41) is 2.11. The van der Waals surface area contributed by atoms with Crippen molar-refractivity contribution in [1.29, 1.82) is 0 Å². The van der Waals surface area contributed by atoms with E-state index in [4.69, 9.17) is 0 Å². The van der Waals surface area contributed by atoms with Crippen molar-refractivity contribution in [2.75, 3.05) is 19.0 Å². The third-order valence-electron chi connectivity index (χ3n) is 6.05. The van der Waals surface area contributed by atoms with Gasteiger partial charge >= 0.3 is 0 Å². The molecule has 1 aliphatic heterocycles. The Hall–Kier alpha value is -2.75. The Bertz CT molecular complexity index is 1210. The highest BCUT2D eigenvalue weighted by atomic mass is 32.2. The number of amides is 1. The van der Waals surface area contributed by atoms with Gasteiger partial charge in [-0.25, -0.2) is 8.42 Å². The quantitative estimate of drug-likeness (QED) is 0.486. The topological polar surface area (TPSA) is 79.4 Å². The van der Waals surface area contributed by atoms with Crippen LogP contribution in [-0.2, 0) is 20.2 Å². The van der Waals surface area contributed by atoms with Gasteiger partial charge in [-0.3, -0.25) is 14.2 Å². The van der Waals surface area contributed by atoms with Gasteiger partial charge in [0, 0.05) is 23.9 Å². The Morgan fingerprint density at radius 3 is 2.43 bits per heavy atom. The van der Waals surface area contributed by atoms with Crippen molar-refractivity contribution in [2.24, 2.45) is 0 Å². The van der Waals surface area contributed by atoms with Crippen LogP contribution in [0.2, 0.25) is 0 Å². The fourth-order valence-corrected chi connectivity index (χ4v) is 7.02. The first-order valence-corrected chi connectivity index (χ1v) is 13.8. The van der Waals surface area contributed by atoms with E-state index in [9.17, 15) is 17.6 Å². The maximum atomic E-state index is 13.5. The molecule has 184 valence electrons. The lowest BCUT2D eigenvalue weighted by Gasteiger charge is -2.26. The lowest BCUT2D eigenvalue weighted by molar-refractivity contribution is -0.122. The normalized spacial score (nSPS) is 17.7. The molecule has 3 aromatic rings. The van der Waals surface area contributed by atoms with E-state index < -0.39 is 39.4 Å². The van der Waals surface area contributed by atoms with Crippen LogP contribution in [-0.4, -0.2) is 48.0 Å². The Balaban J connectivity index is 1.58. The number of nitrogens with zero attached hydrogens (tertiary/aromatic N) is 2. The first-order valence-electron chi connectivity index (χ1n) is 11.3. The highest BCUT2D eigenvalue weighted by Gasteiger charge is 2.41. The van der Waals surface area contributed by atoms with Gasteiger partial charge in [-0.15, -0.1) is 11.8 Å². The Labute approximate surface area is 210 Å². The second-order valence-electron chi connectivity index (χ2n) is 8.99. The van der Waals surface area contributed by atoms with Gasteiger partial charge in [0.2, 0.25) is 15.9 Å². The van der Waals surface area contributed by atoms with Crippen molar-refractivity contribution in [3.05, 3.63) is 95.8 Å². The second-order valence-corrected chi connectivity index (χ2v) is 12.1. The number of sulfonamides is 1. The SMILES string of the molecule is CC(C)(CF)c1ccc(S(=O)(=O)N2CCSC2C(=O)NC(c2ccccc2)c2ccccn2)cc1. The summed E-state index contributed by atoms with van der Waals surface area (Å²) in [6.07, 6.45) is 1.66. The number of alkyl halides is 1. The van der Waals surface area contributed by atoms with Crippen LogP contribution in [0.4, 0.5) is 4.39 Å². The molecule has 1 aromatic heterocycles. The monoisotopic (exact) mass is 513 g/mol. The molecule has 2 aromatic carbocycles. The van der Waals surface area contributed by atoms with Gasteiger partial charge in [0.05, 0.1) is 23.3 Å². The van der Waals surface area contributed by atoms with Crippen molar-refractivity contribution in [1.82, 2.24) is 14.6 Å². The summed E-state index contributed by atoms with van der Waals surface area (Å²) in [5.41, 5.74) is 1.52. The predicted octanol–water partition coefficient (Wildman–Crippen LogP) is 4.30. The van der Waals surface area contributed by atoms with Crippen molar-refractivity contribution in [2.45, 2.75) is 35.6 Å². The molecule has 6 nitrogen and oxygen atoms in total. The molecule has 0 aliphatic carbocycles. The third kappa shape index (κ3) is 5.42. The molecule has 2 heterocycles. The van der Waals surface area contributed by atoms with Crippen LogP contribution in [0.25, 0.3) is 0 Å². The summed E-state index contributed by atoms with van der Waals surface area (Å²) in [6, 6.07) is 20.7. The highest BCUT2D eigenvalue weighted by molar-refractivity contribution is 8.02. The number of benzene rings is 2. The minimum absolute atomic E-state index is 0.0838. The van der Waals surface area contributed by atoms with Crippen LogP contribution < -0.4 is 5.32 Å². The summed E-state index contributed by atoms with van der Waals surface area (Å²) in [6.45, 7) is 3.20. The van der Waals surface area contributed by atoms with Gasteiger partial charge in [0.15, 0.2) is 0 Å². The van der Waals surface area contributed by atoms with E-state index in [2.05, 4.69) is 10.3 Å². The number of hydrogen-bond acceptors (Lipinski definition) is 5. The summed E-state index contributed by atoms with van der Waals surface area (Å²) in [4.78, 5) is 17.9. The Kier molecular flexibility index (Phi) is 7.59. The molecule has 0 spiro atoms. The maximum absolute atomic E-state index is 13.5. The maximum Gasteiger partial charge on any atom is 0.249 e. The summed E-state index contributed by atoms with van der Waals surface area (Å²) >= 11 is 1.29. The van der Waals surface area contributed by atoms with Gasteiger partial charge in [0.25, 0.3) is 0 Å². The summed E-state index contributed by atoms with van der Waals surface area (Å²) in [5.74, 6) is 0.106. The molecule has 35 heavy (non-hydrogen) atoms. The largest absolute Gasteiger partial charge is 0.341 e.